The van der Waals surface area contributed by atoms with E-state index in [4.69, 9.17) is 0 Å². The van der Waals surface area contributed by atoms with Gasteiger partial charge in [0.05, 0.1) is 5.75 Å². The molecule has 2 aromatic carbocycles. The molecule has 0 aliphatic heterocycles. The second-order valence-electron chi connectivity index (χ2n) is 5.53. The molecule has 1 aromatic heterocycles. The maximum atomic E-state index is 12.4. The average molecular weight is 356 g/mol. The lowest BCUT2D eigenvalue weighted by Crippen LogP contribution is -2.13. The van der Waals surface area contributed by atoms with E-state index in [9.17, 15) is 13.2 Å². The maximum absolute atomic E-state index is 12.4. The van der Waals surface area contributed by atoms with Crippen molar-refractivity contribution in [2.75, 3.05) is 5.32 Å². The van der Waals surface area contributed by atoms with Gasteiger partial charge in [-0.15, -0.1) is 5.10 Å². The fraction of sp³-hybridized carbons (Fsp3) is 0.118. The molecule has 0 saturated heterocycles. The highest BCUT2D eigenvalue weighted by atomic mass is 32.2. The lowest BCUT2D eigenvalue weighted by atomic mass is 10.1. The lowest BCUT2D eigenvalue weighted by Gasteiger charge is -2.01. The largest absolute Gasteiger partial charge is 0.289 e. The zero-order chi connectivity index (χ0) is 17.9. The number of aryl methyl sites for hydroxylation is 1. The zero-order valence-corrected chi connectivity index (χ0v) is 14.2. The van der Waals surface area contributed by atoms with Gasteiger partial charge in [0.2, 0.25) is 20.9 Å². The second kappa shape index (κ2) is 6.86. The molecule has 2 N–H and O–H groups in total. The SMILES string of the molecule is Cc1ccc(C(=O)Nc2n[nH]c(S(=O)(=O)Cc3ccccc3)n2)cc1. The number of nitrogens with one attached hydrogen (secondary N) is 2. The van der Waals surface area contributed by atoms with Crippen LogP contribution in [-0.2, 0) is 15.6 Å². The molecule has 3 rings (SSSR count). The van der Waals surface area contributed by atoms with Gasteiger partial charge >= 0.3 is 0 Å². The molecule has 8 heteroatoms. The van der Waals surface area contributed by atoms with Gasteiger partial charge in [0.1, 0.15) is 0 Å². The molecule has 0 fully saturated rings. The van der Waals surface area contributed by atoms with Crippen molar-refractivity contribution in [3.05, 3.63) is 71.3 Å². The number of carbonyl (C=O) groups is 1. The third-order valence-corrected chi connectivity index (χ3v) is 4.98. The van der Waals surface area contributed by atoms with Gasteiger partial charge < -0.3 is 0 Å². The van der Waals surface area contributed by atoms with Gasteiger partial charge in [-0.25, -0.2) is 13.5 Å². The number of aromatic nitrogens is 3. The van der Waals surface area contributed by atoms with Crippen molar-refractivity contribution in [2.24, 2.45) is 0 Å². The topological polar surface area (TPSA) is 105 Å². The highest BCUT2D eigenvalue weighted by Crippen LogP contribution is 2.14. The fourth-order valence-corrected chi connectivity index (χ4v) is 3.36. The van der Waals surface area contributed by atoms with E-state index in [1.165, 1.54) is 0 Å². The number of sulfone groups is 1. The van der Waals surface area contributed by atoms with Crippen LogP contribution < -0.4 is 5.32 Å². The van der Waals surface area contributed by atoms with E-state index < -0.39 is 15.7 Å². The first-order chi connectivity index (χ1) is 11.9. The first-order valence-corrected chi connectivity index (χ1v) is 9.16. The minimum absolute atomic E-state index is 0.0859. The van der Waals surface area contributed by atoms with Gasteiger partial charge in [0.15, 0.2) is 0 Å². The Hall–Kier alpha value is -3.00. The Bertz CT molecular complexity index is 980. The summed E-state index contributed by atoms with van der Waals surface area (Å²) < 4.78 is 24.7. The van der Waals surface area contributed by atoms with Crippen LogP contribution in [0.1, 0.15) is 21.5 Å². The van der Waals surface area contributed by atoms with E-state index in [1.54, 1.807) is 36.4 Å². The van der Waals surface area contributed by atoms with Gasteiger partial charge in [-0.05, 0) is 24.6 Å². The molecule has 128 valence electrons. The Balaban J connectivity index is 1.73. The van der Waals surface area contributed by atoms with Crippen LogP contribution in [0.3, 0.4) is 0 Å². The summed E-state index contributed by atoms with van der Waals surface area (Å²) in [6, 6.07) is 15.7. The van der Waals surface area contributed by atoms with Crippen molar-refractivity contribution in [1.82, 2.24) is 15.2 Å². The van der Waals surface area contributed by atoms with E-state index in [0.29, 0.717) is 11.1 Å². The van der Waals surface area contributed by atoms with E-state index in [-0.39, 0.29) is 16.9 Å². The predicted octanol–water partition coefficient (Wildman–Crippen LogP) is 2.34. The summed E-state index contributed by atoms with van der Waals surface area (Å²) in [6.07, 6.45) is 0. The first-order valence-electron chi connectivity index (χ1n) is 7.51. The number of carbonyl (C=O) groups excluding carboxylic acids is 1. The molecular formula is C17H16N4O3S. The number of anilines is 1. The Morgan fingerprint density at radius 2 is 1.76 bits per heavy atom. The third kappa shape index (κ3) is 4.10. The number of amides is 1. The minimum Gasteiger partial charge on any atom is -0.289 e. The molecular weight excluding hydrogens is 340 g/mol. The summed E-state index contributed by atoms with van der Waals surface area (Å²) in [5.41, 5.74) is 2.11. The summed E-state index contributed by atoms with van der Waals surface area (Å²) in [4.78, 5) is 16.0. The molecule has 0 aliphatic rings. The van der Waals surface area contributed by atoms with Crippen molar-refractivity contribution in [3.63, 3.8) is 0 Å². The molecule has 0 bridgehead atoms. The van der Waals surface area contributed by atoms with Crippen molar-refractivity contribution in [2.45, 2.75) is 17.8 Å². The number of aromatic amines is 1. The Labute approximate surface area is 145 Å². The van der Waals surface area contributed by atoms with Gasteiger partial charge in [0.25, 0.3) is 5.91 Å². The van der Waals surface area contributed by atoms with Crippen LogP contribution in [0.2, 0.25) is 0 Å². The summed E-state index contributed by atoms with van der Waals surface area (Å²) in [5.74, 6) is -0.697. The Kier molecular flexibility index (Phi) is 4.62. The number of hydrogen-bond donors (Lipinski definition) is 2. The quantitative estimate of drug-likeness (QED) is 0.730. The van der Waals surface area contributed by atoms with Crippen LogP contribution >= 0.6 is 0 Å². The fourth-order valence-electron chi connectivity index (χ4n) is 2.18. The summed E-state index contributed by atoms with van der Waals surface area (Å²) in [6.45, 7) is 1.92. The van der Waals surface area contributed by atoms with Gasteiger partial charge in [-0.3, -0.25) is 10.1 Å². The van der Waals surface area contributed by atoms with Crippen molar-refractivity contribution in [3.8, 4) is 0 Å². The average Bonchev–Trinajstić information content (AvgIpc) is 3.05. The number of benzene rings is 2. The molecule has 7 nitrogen and oxygen atoms in total. The molecule has 0 atom stereocenters. The number of H-pyrrole nitrogens is 1. The Morgan fingerprint density at radius 1 is 1.08 bits per heavy atom. The Morgan fingerprint density at radius 3 is 2.44 bits per heavy atom. The molecule has 0 saturated carbocycles. The van der Waals surface area contributed by atoms with Crippen molar-refractivity contribution < 1.29 is 13.2 Å². The molecule has 25 heavy (non-hydrogen) atoms. The van der Waals surface area contributed by atoms with Crippen molar-refractivity contribution >= 4 is 21.7 Å². The van der Waals surface area contributed by atoms with Gasteiger partial charge in [-0.2, -0.15) is 4.98 Å². The van der Waals surface area contributed by atoms with E-state index in [2.05, 4.69) is 20.5 Å². The molecule has 1 heterocycles. The highest BCUT2D eigenvalue weighted by Gasteiger charge is 2.21. The standard InChI is InChI=1S/C17H16N4O3S/c1-12-7-9-14(10-8-12)15(22)18-16-19-17(21-20-16)25(23,24)11-13-5-3-2-4-6-13/h2-10H,11H2,1H3,(H2,18,19,20,21,22). The van der Waals surface area contributed by atoms with Crippen LogP contribution in [0, 0.1) is 6.92 Å². The molecule has 0 aliphatic carbocycles. The summed E-state index contributed by atoms with van der Waals surface area (Å²) in [5, 5.41) is 8.32. The lowest BCUT2D eigenvalue weighted by molar-refractivity contribution is 0.102. The van der Waals surface area contributed by atoms with Crippen LogP contribution in [0.25, 0.3) is 0 Å². The monoisotopic (exact) mass is 356 g/mol. The summed E-state index contributed by atoms with van der Waals surface area (Å²) >= 11 is 0. The van der Waals surface area contributed by atoms with E-state index >= 15 is 0 Å². The molecule has 3 aromatic rings. The second-order valence-corrected chi connectivity index (χ2v) is 7.43. The normalized spacial score (nSPS) is 11.2. The van der Waals surface area contributed by atoms with Crippen LogP contribution in [-0.4, -0.2) is 29.5 Å². The number of nitrogens with zero attached hydrogens (tertiary/aromatic N) is 2. The van der Waals surface area contributed by atoms with Crippen LogP contribution in [0.5, 0.6) is 0 Å². The predicted molar refractivity (Wildman–Crippen MR) is 92.8 cm³/mol. The van der Waals surface area contributed by atoms with Crippen LogP contribution in [0.15, 0.2) is 59.8 Å². The molecule has 1 amide bonds. The van der Waals surface area contributed by atoms with Gasteiger partial charge in [-0.1, -0.05) is 48.0 Å². The maximum Gasteiger partial charge on any atom is 0.258 e. The summed E-state index contributed by atoms with van der Waals surface area (Å²) in [7, 11) is -3.68. The van der Waals surface area contributed by atoms with Crippen molar-refractivity contribution in [1.29, 1.82) is 0 Å². The van der Waals surface area contributed by atoms with E-state index in [1.807, 2.05) is 25.1 Å². The highest BCUT2D eigenvalue weighted by molar-refractivity contribution is 7.90. The zero-order valence-electron chi connectivity index (χ0n) is 13.4. The molecule has 0 spiro atoms. The minimum atomic E-state index is -3.68. The first kappa shape index (κ1) is 16.8. The molecule has 0 unspecified atom stereocenters. The molecule has 0 radical (unpaired) electrons. The third-order valence-electron chi connectivity index (χ3n) is 3.50. The smallest absolute Gasteiger partial charge is 0.258 e. The number of hydrogen-bond acceptors (Lipinski definition) is 5. The number of rotatable bonds is 5. The van der Waals surface area contributed by atoms with E-state index in [0.717, 1.165) is 5.56 Å². The van der Waals surface area contributed by atoms with Gasteiger partial charge in [0, 0.05) is 5.56 Å². The van der Waals surface area contributed by atoms with Crippen LogP contribution in [0.4, 0.5) is 5.95 Å².